The maximum Gasteiger partial charge on any atom is 0.305 e. The van der Waals surface area contributed by atoms with Crippen LogP contribution in [0.5, 0.6) is 0 Å². The second-order valence-corrected chi connectivity index (χ2v) is 8.98. The van der Waals surface area contributed by atoms with E-state index >= 15 is 0 Å². The molecule has 0 unspecified atom stereocenters. The standard InChI is InChI=1S/C27H31N3O6/c1-18(9-6-8-16-31)27(35)21-17-19(30-25(33)20-10-3-4-11-22(20)28-30)13-14-23(21)29(26(27)34)15-7-5-12-24(32)36-2/h3-4,6,9-11,13-14,17-18,28,31,35H,5,7-8,12,15-16H2,1-2H3/b9-6+/t18-,27+/m0/s1. The van der Waals surface area contributed by atoms with E-state index in [9.17, 15) is 19.5 Å². The van der Waals surface area contributed by atoms with Gasteiger partial charge in [-0.1, -0.05) is 31.2 Å². The van der Waals surface area contributed by atoms with Crippen LogP contribution in [0.3, 0.4) is 0 Å². The molecule has 2 atom stereocenters. The van der Waals surface area contributed by atoms with Crippen LogP contribution in [-0.4, -0.2) is 52.1 Å². The first-order valence-corrected chi connectivity index (χ1v) is 12.1. The summed E-state index contributed by atoms with van der Waals surface area (Å²) < 4.78 is 6.09. The number of carbonyl (C=O) groups excluding carboxylic acids is 2. The van der Waals surface area contributed by atoms with E-state index < -0.39 is 17.4 Å². The number of carbonyl (C=O) groups is 2. The SMILES string of the molecule is COC(=O)CCCCN1C(=O)[C@@](O)([C@@H](C)/C=C/CCO)c2cc(-n3[nH]c4ccccc4c3=O)ccc21. The Kier molecular flexibility index (Phi) is 7.42. The van der Waals surface area contributed by atoms with Gasteiger partial charge >= 0.3 is 5.97 Å². The molecule has 9 nitrogen and oxygen atoms in total. The van der Waals surface area contributed by atoms with Crippen LogP contribution in [0.15, 0.2) is 59.4 Å². The number of rotatable bonds is 10. The zero-order chi connectivity index (χ0) is 25.9. The molecule has 0 saturated heterocycles. The van der Waals surface area contributed by atoms with Gasteiger partial charge in [0.15, 0.2) is 5.60 Å². The maximum atomic E-state index is 13.6. The number of benzene rings is 2. The van der Waals surface area contributed by atoms with Crippen molar-refractivity contribution in [1.29, 1.82) is 0 Å². The monoisotopic (exact) mass is 493 g/mol. The Balaban J connectivity index is 1.73. The molecule has 0 bridgehead atoms. The third-order valence-corrected chi connectivity index (χ3v) is 6.72. The zero-order valence-electron chi connectivity index (χ0n) is 20.4. The van der Waals surface area contributed by atoms with E-state index in [1.54, 1.807) is 54.3 Å². The van der Waals surface area contributed by atoms with Crippen LogP contribution in [0, 0.1) is 5.92 Å². The molecule has 1 amide bonds. The minimum Gasteiger partial charge on any atom is -0.469 e. The summed E-state index contributed by atoms with van der Waals surface area (Å²) >= 11 is 0. The van der Waals surface area contributed by atoms with Crippen LogP contribution in [-0.2, 0) is 19.9 Å². The molecule has 3 aromatic rings. The van der Waals surface area contributed by atoms with Gasteiger partial charge in [0.1, 0.15) is 0 Å². The van der Waals surface area contributed by atoms with Crippen molar-refractivity contribution in [2.24, 2.45) is 5.92 Å². The summed E-state index contributed by atoms with van der Waals surface area (Å²) in [6.07, 6.45) is 5.20. The molecule has 0 aliphatic carbocycles. The number of ether oxygens (including phenoxy) is 1. The van der Waals surface area contributed by atoms with Crippen molar-refractivity contribution in [3.05, 3.63) is 70.5 Å². The van der Waals surface area contributed by atoms with E-state index in [2.05, 4.69) is 9.84 Å². The second kappa shape index (κ2) is 10.5. The number of aromatic nitrogens is 2. The van der Waals surface area contributed by atoms with Crippen LogP contribution in [0.4, 0.5) is 5.69 Å². The van der Waals surface area contributed by atoms with Gasteiger partial charge in [-0.3, -0.25) is 19.5 Å². The number of methoxy groups -OCH3 is 1. The molecule has 2 aromatic carbocycles. The molecule has 4 rings (SSSR count). The summed E-state index contributed by atoms with van der Waals surface area (Å²) in [5, 5.41) is 24.6. The summed E-state index contributed by atoms with van der Waals surface area (Å²) in [7, 11) is 1.34. The molecule has 1 aliphatic heterocycles. The first kappa shape index (κ1) is 25.4. The lowest BCUT2D eigenvalue weighted by Gasteiger charge is -2.27. The quantitative estimate of drug-likeness (QED) is 0.227. The number of fused-ring (bicyclic) bond motifs is 2. The second-order valence-electron chi connectivity index (χ2n) is 8.98. The van der Waals surface area contributed by atoms with Crippen LogP contribution in [0.25, 0.3) is 16.6 Å². The van der Waals surface area contributed by atoms with E-state index in [0.717, 1.165) is 0 Å². The predicted octanol–water partition coefficient (Wildman–Crippen LogP) is 2.77. The smallest absolute Gasteiger partial charge is 0.305 e. The number of hydrogen-bond donors (Lipinski definition) is 3. The first-order valence-electron chi connectivity index (χ1n) is 12.1. The molecule has 1 aromatic heterocycles. The number of nitrogens with one attached hydrogen (secondary N) is 1. The molecule has 9 heteroatoms. The fourth-order valence-electron chi connectivity index (χ4n) is 4.69. The number of aliphatic hydroxyl groups is 2. The Morgan fingerprint density at radius 3 is 2.69 bits per heavy atom. The number of para-hydroxylation sites is 1. The van der Waals surface area contributed by atoms with Gasteiger partial charge in [0.25, 0.3) is 11.5 Å². The zero-order valence-corrected chi connectivity index (χ0v) is 20.4. The third kappa shape index (κ3) is 4.47. The van der Waals surface area contributed by atoms with E-state index in [-0.39, 0.29) is 24.6 Å². The van der Waals surface area contributed by atoms with Gasteiger partial charge in [-0.05, 0) is 49.6 Å². The van der Waals surface area contributed by atoms with Gasteiger partial charge in [-0.25, -0.2) is 4.68 Å². The predicted molar refractivity (Wildman–Crippen MR) is 136 cm³/mol. The lowest BCUT2D eigenvalue weighted by molar-refractivity contribution is -0.140. The highest BCUT2D eigenvalue weighted by Crippen LogP contribution is 2.46. The van der Waals surface area contributed by atoms with Crippen molar-refractivity contribution in [1.82, 2.24) is 9.78 Å². The van der Waals surface area contributed by atoms with Crippen molar-refractivity contribution >= 4 is 28.5 Å². The number of unbranched alkanes of at least 4 members (excludes halogenated alkanes) is 1. The Labute approximate surface area is 208 Å². The average Bonchev–Trinajstić information content (AvgIpc) is 3.34. The van der Waals surface area contributed by atoms with Crippen LogP contribution >= 0.6 is 0 Å². The van der Waals surface area contributed by atoms with Gasteiger partial charge in [0.05, 0.1) is 29.4 Å². The number of esters is 1. The molecule has 36 heavy (non-hydrogen) atoms. The Morgan fingerprint density at radius 1 is 1.19 bits per heavy atom. The molecule has 0 fully saturated rings. The number of amides is 1. The summed E-state index contributed by atoms with van der Waals surface area (Å²) in [5.74, 6) is -1.36. The van der Waals surface area contributed by atoms with Crippen molar-refractivity contribution in [2.75, 3.05) is 25.2 Å². The molecule has 0 spiro atoms. The van der Waals surface area contributed by atoms with Crippen molar-refractivity contribution in [3.8, 4) is 5.69 Å². The number of aromatic amines is 1. The van der Waals surface area contributed by atoms with Crippen molar-refractivity contribution < 1.29 is 24.5 Å². The normalized spacial score (nSPS) is 18.2. The van der Waals surface area contributed by atoms with Gasteiger partial charge in [-0.2, -0.15) is 0 Å². The highest BCUT2D eigenvalue weighted by molar-refractivity contribution is 6.07. The number of nitrogens with zero attached hydrogens (tertiary/aromatic N) is 2. The maximum absolute atomic E-state index is 13.6. The molecular weight excluding hydrogens is 462 g/mol. The van der Waals surface area contributed by atoms with Gasteiger partial charge < -0.3 is 19.8 Å². The Hall–Kier alpha value is -3.69. The Bertz CT molecular complexity index is 1360. The van der Waals surface area contributed by atoms with Gasteiger partial charge in [0, 0.05) is 31.1 Å². The number of H-pyrrole nitrogens is 1. The summed E-state index contributed by atoms with van der Waals surface area (Å²) in [6.45, 7) is 2.04. The van der Waals surface area contributed by atoms with E-state index in [4.69, 9.17) is 5.11 Å². The fraction of sp³-hybridized carbons (Fsp3) is 0.370. The number of anilines is 1. The highest BCUT2D eigenvalue weighted by atomic mass is 16.5. The van der Waals surface area contributed by atoms with Crippen molar-refractivity contribution in [2.45, 2.75) is 38.2 Å². The summed E-state index contributed by atoms with van der Waals surface area (Å²) in [4.78, 5) is 39.6. The molecule has 0 saturated carbocycles. The van der Waals surface area contributed by atoms with E-state index in [1.165, 1.54) is 11.8 Å². The lowest BCUT2D eigenvalue weighted by Crippen LogP contribution is -2.44. The topological polar surface area (TPSA) is 125 Å². The molecule has 1 aliphatic rings. The lowest BCUT2D eigenvalue weighted by atomic mass is 9.82. The molecule has 3 N–H and O–H groups in total. The fourth-order valence-corrected chi connectivity index (χ4v) is 4.69. The van der Waals surface area contributed by atoms with Gasteiger partial charge in [-0.15, -0.1) is 0 Å². The van der Waals surface area contributed by atoms with E-state index in [0.29, 0.717) is 53.6 Å². The van der Waals surface area contributed by atoms with Crippen LogP contribution < -0.4 is 10.5 Å². The molecular formula is C27H31N3O6. The van der Waals surface area contributed by atoms with Crippen LogP contribution in [0.2, 0.25) is 0 Å². The van der Waals surface area contributed by atoms with E-state index in [1.807, 2.05) is 12.1 Å². The largest absolute Gasteiger partial charge is 0.469 e. The number of aliphatic hydroxyl groups excluding tert-OH is 1. The Morgan fingerprint density at radius 2 is 1.97 bits per heavy atom. The van der Waals surface area contributed by atoms with Gasteiger partial charge in [0.2, 0.25) is 0 Å². The molecule has 190 valence electrons. The van der Waals surface area contributed by atoms with Crippen molar-refractivity contribution in [3.63, 3.8) is 0 Å². The first-order chi connectivity index (χ1) is 17.3. The summed E-state index contributed by atoms with van der Waals surface area (Å²) in [6, 6.07) is 12.3. The average molecular weight is 494 g/mol. The minimum absolute atomic E-state index is 0.0358. The highest BCUT2D eigenvalue weighted by Gasteiger charge is 2.52. The molecule has 0 radical (unpaired) electrons. The number of hydrogen-bond acceptors (Lipinski definition) is 6. The minimum atomic E-state index is -1.85. The van der Waals surface area contributed by atoms with Crippen LogP contribution in [0.1, 0.15) is 38.2 Å². The molecule has 2 heterocycles. The third-order valence-electron chi connectivity index (χ3n) is 6.72. The summed E-state index contributed by atoms with van der Waals surface area (Å²) in [5.41, 5.74) is 0.0755.